The van der Waals surface area contributed by atoms with Crippen LogP contribution in [0.1, 0.15) is 21.5 Å². The van der Waals surface area contributed by atoms with Crippen LogP contribution in [-0.2, 0) is 14.6 Å². The Labute approximate surface area is 124 Å². The van der Waals surface area contributed by atoms with Crippen LogP contribution >= 0.6 is 0 Å². The van der Waals surface area contributed by atoms with Crippen molar-refractivity contribution in [2.75, 3.05) is 24.7 Å². The molecule has 2 unspecified atom stereocenters. The van der Waals surface area contributed by atoms with E-state index in [0.29, 0.717) is 18.7 Å². The number of fused-ring (bicyclic) bond motifs is 1. The first-order valence-corrected chi connectivity index (χ1v) is 8.90. The van der Waals surface area contributed by atoms with Gasteiger partial charge in [-0.15, -0.1) is 0 Å². The zero-order valence-electron chi connectivity index (χ0n) is 12.2. The number of hydrogen-bond donors (Lipinski definition) is 0. The fourth-order valence-corrected chi connectivity index (χ4v) is 4.88. The van der Waals surface area contributed by atoms with E-state index in [1.807, 2.05) is 26.0 Å². The van der Waals surface area contributed by atoms with Crippen LogP contribution in [-0.4, -0.2) is 56.0 Å². The average Bonchev–Trinajstić information content (AvgIpc) is 2.74. The van der Waals surface area contributed by atoms with Gasteiger partial charge < -0.3 is 9.64 Å². The van der Waals surface area contributed by atoms with Crippen LogP contribution in [0.2, 0.25) is 0 Å². The quantitative estimate of drug-likeness (QED) is 0.774. The number of carbonyl (C=O) groups is 1. The van der Waals surface area contributed by atoms with E-state index in [2.05, 4.69) is 0 Å². The van der Waals surface area contributed by atoms with Gasteiger partial charge in [0.2, 0.25) is 0 Å². The van der Waals surface area contributed by atoms with Crippen molar-refractivity contribution in [3.8, 4) is 0 Å². The fourth-order valence-electron chi connectivity index (χ4n) is 3.01. The zero-order valence-corrected chi connectivity index (χ0v) is 13.0. The first-order valence-electron chi connectivity index (χ1n) is 7.08. The summed E-state index contributed by atoms with van der Waals surface area (Å²) in [6.07, 6.45) is -0.376. The Kier molecular flexibility index (Phi) is 3.53. The lowest BCUT2D eigenvalue weighted by Crippen LogP contribution is -2.53. The molecule has 2 aliphatic heterocycles. The van der Waals surface area contributed by atoms with Gasteiger partial charge in [-0.2, -0.15) is 0 Å². The minimum Gasteiger partial charge on any atom is -0.373 e. The second kappa shape index (κ2) is 5.10. The molecule has 3 rings (SSSR count). The van der Waals surface area contributed by atoms with Crippen molar-refractivity contribution >= 4 is 15.7 Å². The molecule has 0 N–H and O–H groups in total. The van der Waals surface area contributed by atoms with Crippen molar-refractivity contribution in [3.63, 3.8) is 0 Å². The van der Waals surface area contributed by atoms with E-state index < -0.39 is 9.84 Å². The highest BCUT2D eigenvalue weighted by Gasteiger charge is 2.45. The highest BCUT2D eigenvalue weighted by molar-refractivity contribution is 7.91. The van der Waals surface area contributed by atoms with Gasteiger partial charge in [-0.1, -0.05) is 6.07 Å². The predicted octanol–water partition coefficient (Wildman–Crippen LogP) is 0.941. The number of amides is 1. The highest BCUT2D eigenvalue weighted by atomic mass is 32.2. The molecule has 2 heterocycles. The molecule has 21 heavy (non-hydrogen) atoms. The third-order valence-electron chi connectivity index (χ3n) is 4.35. The van der Waals surface area contributed by atoms with Gasteiger partial charge >= 0.3 is 0 Å². The Morgan fingerprint density at radius 1 is 1.24 bits per heavy atom. The van der Waals surface area contributed by atoms with Gasteiger partial charge in [0.05, 0.1) is 30.3 Å². The summed E-state index contributed by atoms with van der Waals surface area (Å²) in [6.45, 7) is 4.81. The lowest BCUT2D eigenvalue weighted by atomic mass is 10.0. The number of morpholine rings is 1. The van der Waals surface area contributed by atoms with Gasteiger partial charge in [0.15, 0.2) is 9.84 Å². The van der Waals surface area contributed by atoms with E-state index in [-0.39, 0.29) is 29.6 Å². The Bertz CT molecular complexity index is 683. The molecule has 5 nitrogen and oxygen atoms in total. The van der Waals surface area contributed by atoms with Crippen LogP contribution in [0.25, 0.3) is 0 Å². The average molecular weight is 309 g/mol. The monoisotopic (exact) mass is 309 g/mol. The summed E-state index contributed by atoms with van der Waals surface area (Å²) >= 11 is 0. The maximum atomic E-state index is 12.7. The van der Waals surface area contributed by atoms with E-state index in [9.17, 15) is 13.2 Å². The van der Waals surface area contributed by atoms with Crippen molar-refractivity contribution in [1.29, 1.82) is 0 Å². The van der Waals surface area contributed by atoms with Crippen LogP contribution in [0, 0.1) is 13.8 Å². The van der Waals surface area contributed by atoms with Crippen molar-refractivity contribution in [2.24, 2.45) is 0 Å². The van der Waals surface area contributed by atoms with E-state index in [4.69, 9.17) is 4.74 Å². The maximum absolute atomic E-state index is 12.7. The topological polar surface area (TPSA) is 63.7 Å². The third kappa shape index (κ3) is 2.70. The molecule has 0 aromatic heterocycles. The van der Waals surface area contributed by atoms with Crippen molar-refractivity contribution in [3.05, 3.63) is 34.9 Å². The lowest BCUT2D eigenvalue weighted by Gasteiger charge is -2.36. The van der Waals surface area contributed by atoms with Gasteiger partial charge in [0, 0.05) is 12.1 Å². The summed E-state index contributed by atoms with van der Waals surface area (Å²) in [4.78, 5) is 14.4. The first-order chi connectivity index (χ1) is 9.87. The zero-order chi connectivity index (χ0) is 15.2. The number of hydrogen-bond acceptors (Lipinski definition) is 4. The minimum absolute atomic E-state index is 0.00818. The predicted molar refractivity (Wildman–Crippen MR) is 79.1 cm³/mol. The second-order valence-electron chi connectivity index (χ2n) is 5.85. The number of carbonyl (C=O) groups excluding carboxylic acids is 1. The largest absolute Gasteiger partial charge is 0.373 e. The number of benzene rings is 1. The molecule has 114 valence electrons. The molecule has 6 heteroatoms. The molecule has 1 aromatic rings. The SMILES string of the molecule is Cc1ccc(C(=O)N2CCOC3CS(=O)(=O)CC32)cc1C. The summed E-state index contributed by atoms with van der Waals surface area (Å²) in [5, 5.41) is 0. The molecule has 0 radical (unpaired) electrons. The van der Waals surface area contributed by atoms with E-state index in [1.165, 1.54) is 0 Å². The standard InChI is InChI=1S/C15H19NO4S/c1-10-3-4-12(7-11(10)2)15(17)16-5-6-20-14-9-21(18,19)8-13(14)16/h3-4,7,13-14H,5-6,8-9H2,1-2H3. The molecule has 0 spiro atoms. The summed E-state index contributed by atoms with van der Waals surface area (Å²) in [7, 11) is -3.11. The van der Waals surface area contributed by atoms with Crippen molar-refractivity contribution in [2.45, 2.75) is 26.0 Å². The van der Waals surface area contributed by atoms with Crippen LogP contribution in [0.3, 0.4) is 0 Å². The number of aryl methyl sites for hydroxylation is 2. The Morgan fingerprint density at radius 2 is 2.00 bits per heavy atom. The van der Waals surface area contributed by atoms with Crippen LogP contribution < -0.4 is 0 Å². The van der Waals surface area contributed by atoms with E-state index in [1.54, 1.807) is 11.0 Å². The van der Waals surface area contributed by atoms with Gasteiger partial charge in [0.1, 0.15) is 0 Å². The number of rotatable bonds is 1. The van der Waals surface area contributed by atoms with Crippen molar-refractivity contribution < 1.29 is 17.9 Å². The lowest BCUT2D eigenvalue weighted by molar-refractivity contribution is -0.0361. The Hall–Kier alpha value is -1.40. The normalized spacial score (nSPS) is 27.4. The molecule has 1 aromatic carbocycles. The minimum atomic E-state index is -3.11. The van der Waals surface area contributed by atoms with E-state index in [0.717, 1.165) is 11.1 Å². The molecule has 2 aliphatic rings. The number of ether oxygens (including phenoxy) is 1. The van der Waals surface area contributed by atoms with Gasteiger partial charge in [-0.25, -0.2) is 8.42 Å². The summed E-state index contributed by atoms with van der Waals surface area (Å²) in [6, 6.07) is 5.24. The van der Waals surface area contributed by atoms with Crippen LogP contribution in [0.4, 0.5) is 0 Å². The summed E-state index contributed by atoms with van der Waals surface area (Å²) < 4.78 is 29.1. The third-order valence-corrected chi connectivity index (χ3v) is 6.04. The fraction of sp³-hybridized carbons (Fsp3) is 0.533. The highest BCUT2D eigenvalue weighted by Crippen LogP contribution is 2.26. The molecule has 0 bridgehead atoms. The molecule has 1 amide bonds. The summed E-state index contributed by atoms with van der Waals surface area (Å²) in [5.74, 6) is -0.0729. The molecule has 0 aliphatic carbocycles. The molecule has 2 fully saturated rings. The first kappa shape index (κ1) is 14.5. The maximum Gasteiger partial charge on any atom is 0.254 e. The van der Waals surface area contributed by atoms with Gasteiger partial charge in [-0.3, -0.25) is 4.79 Å². The Balaban J connectivity index is 1.88. The molecule has 0 saturated carbocycles. The second-order valence-corrected chi connectivity index (χ2v) is 8.00. The molecule has 2 atom stereocenters. The molecular formula is C15H19NO4S. The van der Waals surface area contributed by atoms with E-state index >= 15 is 0 Å². The Morgan fingerprint density at radius 3 is 2.71 bits per heavy atom. The molecular weight excluding hydrogens is 290 g/mol. The van der Waals surface area contributed by atoms with Gasteiger partial charge in [-0.05, 0) is 37.1 Å². The number of sulfone groups is 1. The van der Waals surface area contributed by atoms with Crippen molar-refractivity contribution in [1.82, 2.24) is 4.90 Å². The molecule has 2 saturated heterocycles. The van der Waals surface area contributed by atoms with Crippen LogP contribution in [0.15, 0.2) is 18.2 Å². The number of nitrogens with zero attached hydrogens (tertiary/aromatic N) is 1. The summed E-state index contributed by atoms with van der Waals surface area (Å²) in [5.41, 5.74) is 2.81. The smallest absolute Gasteiger partial charge is 0.254 e. The van der Waals surface area contributed by atoms with Gasteiger partial charge in [0.25, 0.3) is 5.91 Å². The van der Waals surface area contributed by atoms with Crippen LogP contribution in [0.5, 0.6) is 0 Å².